The number of likely N-dealkylation sites (tertiary alicyclic amines) is 1. The first kappa shape index (κ1) is 19.8. The summed E-state index contributed by atoms with van der Waals surface area (Å²) in [5.41, 5.74) is 1.45. The van der Waals surface area contributed by atoms with Crippen LogP contribution in [-0.4, -0.2) is 52.4 Å². The van der Waals surface area contributed by atoms with Gasteiger partial charge in [0.2, 0.25) is 5.91 Å². The molecule has 3 rings (SSSR count). The summed E-state index contributed by atoms with van der Waals surface area (Å²) in [6.07, 6.45) is 7.15. The Morgan fingerprint density at radius 1 is 1.21 bits per heavy atom. The van der Waals surface area contributed by atoms with Gasteiger partial charge in [0.25, 0.3) is 5.91 Å². The van der Waals surface area contributed by atoms with E-state index in [0.717, 1.165) is 24.2 Å². The van der Waals surface area contributed by atoms with Crippen molar-refractivity contribution in [1.29, 1.82) is 0 Å². The number of piperidine rings is 1. The van der Waals surface area contributed by atoms with E-state index < -0.39 is 0 Å². The van der Waals surface area contributed by atoms with E-state index >= 15 is 0 Å². The molecule has 2 amide bonds. The fraction of sp³-hybridized carbons (Fsp3) is 0.429. The number of hydrogen-bond donors (Lipinski definition) is 1. The second kappa shape index (κ2) is 9.82. The van der Waals surface area contributed by atoms with Crippen LogP contribution in [0.2, 0.25) is 0 Å². The van der Waals surface area contributed by atoms with Crippen LogP contribution in [0.3, 0.4) is 0 Å². The van der Waals surface area contributed by atoms with E-state index in [2.05, 4.69) is 15.3 Å². The number of rotatable bonds is 7. The van der Waals surface area contributed by atoms with Gasteiger partial charge in [-0.25, -0.2) is 4.98 Å². The maximum absolute atomic E-state index is 12.4. The number of ether oxygens (including phenoxy) is 1. The minimum atomic E-state index is -0.105. The lowest BCUT2D eigenvalue weighted by molar-refractivity contribution is -0.122. The number of carbonyl (C=O) groups is 2. The highest BCUT2D eigenvalue weighted by molar-refractivity contribution is 5.92. The van der Waals surface area contributed by atoms with Gasteiger partial charge < -0.3 is 15.0 Å². The van der Waals surface area contributed by atoms with E-state index in [1.54, 1.807) is 11.1 Å². The standard InChI is InChI=1S/C21H26N4O3/c1-16-5-2-3-6-19(16)28-14-4-7-20(26)24-17-8-12-25(13-9-17)21(27)18-15-22-10-11-23-18/h2-3,5-6,10-11,15,17H,4,7-9,12-14H2,1H3,(H,24,26). The van der Waals surface area contributed by atoms with Crippen molar-refractivity contribution in [2.45, 2.75) is 38.6 Å². The molecule has 2 heterocycles. The van der Waals surface area contributed by atoms with Crippen LogP contribution in [0.25, 0.3) is 0 Å². The van der Waals surface area contributed by atoms with Crippen LogP contribution >= 0.6 is 0 Å². The number of nitrogens with zero attached hydrogens (tertiary/aromatic N) is 3. The molecule has 1 aromatic carbocycles. The number of para-hydroxylation sites is 1. The van der Waals surface area contributed by atoms with Crippen molar-refractivity contribution in [3.8, 4) is 5.75 Å². The van der Waals surface area contributed by atoms with Crippen molar-refractivity contribution in [3.63, 3.8) is 0 Å². The summed E-state index contributed by atoms with van der Waals surface area (Å²) in [5, 5.41) is 3.07. The number of aryl methyl sites for hydroxylation is 1. The van der Waals surface area contributed by atoms with E-state index in [1.807, 2.05) is 31.2 Å². The molecule has 148 valence electrons. The Morgan fingerprint density at radius 3 is 2.71 bits per heavy atom. The van der Waals surface area contributed by atoms with Crippen molar-refractivity contribution >= 4 is 11.8 Å². The molecule has 0 bridgehead atoms. The first-order chi connectivity index (χ1) is 13.6. The van der Waals surface area contributed by atoms with Gasteiger partial charge in [-0.3, -0.25) is 14.6 Å². The molecular formula is C21H26N4O3. The molecule has 0 atom stereocenters. The van der Waals surface area contributed by atoms with Gasteiger partial charge in [0, 0.05) is 37.9 Å². The van der Waals surface area contributed by atoms with Crippen molar-refractivity contribution in [2.24, 2.45) is 0 Å². The summed E-state index contributed by atoms with van der Waals surface area (Å²) in [6.45, 7) is 3.74. The average molecular weight is 382 g/mol. The zero-order chi connectivity index (χ0) is 19.8. The lowest BCUT2D eigenvalue weighted by Crippen LogP contribution is -2.46. The van der Waals surface area contributed by atoms with Crippen LogP contribution in [0.1, 0.15) is 41.7 Å². The largest absolute Gasteiger partial charge is 0.493 e. The van der Waals surface area contributed by atoms with Gasteiger partial charge in [-0.05, 0) is 37.8 Å². The molecule has 1 aromatic heterocycles. The van der Waals surface area contributed by atoms with Crippen molar-refractivity contribution < 1.29 is 14.3 Å². The Hall–Kier alpha value is -2.96. The molecule has 1 fully saturated rings. The molecule has 7 nitrogen and oxygen atoms in total. The molecule has 28 heavy (non-hydrogen) atoms. The average Bonchev–Trinajstić information content (AvgIpc) is 2.73. The molecule has 1 N–H and O–H groups in total. The minimum absolute atomic E-state index is 0.0343. The normalized spacial score (nSPS) is 14.5. The molecular weight excluding hydrogens is 356 g/mol. The van der Waals surface area contributed by atoms with Gasteiger partial charge in [0.15, 0.2) is 0 Å². The number of benzene rings is 1. The van der Waals surface area contributed by atoms with Crippen LogP contribution in [0.5, 0.6) is 5.75 Å². The van der Waals surface area contributed by atoms with Crippen LogP contribution in [0.15, 0.2) is 42.9 Å². The number of aromatic nitrogens is 2. The van der Waals surface area contributed by atoms with Gasteiger partial charge in [-0.1, -0.05) is 18.2 Å². The van der Waals surface area contributed by atoms with Crippen LogP contribution in [0.4, 0.5) is 0 Å². The summed E-state index contributed by atoms with van der Waals surface area (Å²) in [4.78, 5) is 34.3. The van der Waals surface area contributed by atoms with E-state index in [4.69, 9.17) is 4.74 Å². The zero-order valence-electron chi connectivity index (χ0n) is 16.1. The maximum atomic E-state index is 12.4. The predicted molar refractivity (Wildman–Crippen MR) is 105 cm³/mol. The summed E-state index contributed by atoms with van der Waals surface area (Å²) >= 11 is 0. The molecule has 0 aliphatic carbocycles. The Kier molecular flexibility index (Phi) is 6.94. The van der Waals surface area contributed by atoms with Gasteiger partial charge in [0.05, 0.1) is 12.8 Å². The third-order valence-corrected chi connectivity index (χ3v) is 4.83. The molecule has 2 aromatic rings. The Bertz CT molecular complexity index is 789. The van der Waals surface area contributed by atoms with Gasteiger partial charge in [0.1, 0.15) is 11.4 Å². The molecule has 1 aliphatic heterocycles. The predicted octanol–water partition coefficient (Wildman–Crippen LogP) is 2.37. The molecule has 0 unspecified atom stereocenters. The number of hydrogen-bond acceptors (Lipinski definition) is 5. The van der Waals surface area contributed by atoms with Gasteiger partial charge in [-0.2, -0.15) is 0 Å². The Balaban J connectivity index is 1.34. The van der Waals surface area contributed by atoms with E-state index in [0.29, 0.717) is 38.2 Å². The van der Waals surface area contributed by atoms with Crippen LogP contribution in [0, 0.1) is 6.92 Å². The highest BCUT2D eigenvalue weighted by Crippen LogP contribution is 2.16. The highest BCUT2D eigenvalue weighted by Gasteiger charge is 2.25. The number of amides is 2. The highest BCUT2D eigenvalue weighted by atomic mass is 16.5. The molecule has 7 heteroatoms. The van der Waals surface area contributed by atoms with Crippen molar-refractivity contribution in [2.75, 3.05) is 19.7 Å². The lowest BCUT2D eigenvalue weighted by Gasteiger charge is -2.32. The van der Waals surface area contributed by atoms with Gasteiger partial charge >= 0.3 is 0 Å². The minimum Gasteiger partial charge on any atom is -0.493 e. The first-order valence-electron chi connectivity index (χ1n) is 9.66. The number of nitrogens with one attached hydrogen (secondary N) is 1. The third-order valence-electron chi connectivity index (χ3n) is 4.83. The fourth-order valence-electron chi connectivity index (χ4n) is 3.23. The quantitative estimate of drug-likeness (QED) is 0.743. The molecule has 1 aliphatic rings. The van der Waals surface area contributed by atoms with E-state index in [9.17, 15) is 9.59 Å². The molecule has 0 spiro atoms. The second-order valence-corrected chi connectivity index (χ2v) is 6.94. The summed E-state index contributed by atoms with van der Waals surface area (Å²) in [5.74, 6) is 0.793. The smallest absolute Gasteiger partial charge is 0.274 e. The van der Waals surface area contributed by atoms with E-state index in [-0.39, 0.29) is 17.9 Å². The van der Waals surface area contributed by atoms with E-state index in [1.165, 1.54) is 12.4 Å². The van der Waals surface area contributed by atoms with Crippen LogP contribution in [-0.2, 0) is 4.79 Å². The molecule has 0 saturated carbocycles. The van der Waals surface area contributed by atoms with Crippen molar-refractivity contribution in [3.05, 3.63) is 54.1 Å². The summed E-state index contributed by atoms with van der Waals surface area (Å²) < 4.78 is 5.72. The summed E-state index contributed by atoms with van der Waals surface area (Å²) in [7, 11) is 0. The third kappa shape index (κ3) is 5.52. The fourth-order valence-corrected chi connectivity index (χ4v) is 3.23. The molecule has 0 radical (unpaired) electrons. The first-order valence-corrected chi connectivity index (χ1v) is 9.66. The summed E-state index contributed by atoms with van der Waals surface area (Å²) in [6, 6.07) is 7.96. The Morgan fingerprint density at radius 2 is 2.00 bits per heavy atom. The lowest BCUT2D eigenvalue weighted by atomic mass is 10.0. The topological polar surface area (TPSA) is 84.4 Å². The Labute approximate surface area is 165 Å². The van der Waals surface area contributed by atoms with Crippen molar-refractivity contribution in [1.82, 2.24) is 20.2 Å². The monoisotopic (exact) mass is 382 g/mol. The second-order valence-electron chi connectivity index (χ2n) is 6.94. The van der Waals surface area contributed by atoms with Crippen LogP contribution < -0.4 is 10.1 Å². The molecule has 1 saturated heterocycles. The zero-order valence-corrected chi connectivity index (χ0v) is 16.1. The SMILES string of the molecule is Cc1ccccc1OCCCC(=O)NC1CCN(C(=O)c2cnccn2)CC1. The maximum Gasteiger partial charge on any atom is 0.274 e. The number of carbonyl (C=O) groups excluding carboxylic acids is 2. The van der Waals surface area contributed by atoms with Gasteiger partial charge in [-0.15, -0.1) is 0 Å².